The largest absolute Gasteiger partial charge is 0.312 e. The maximum atomic E-state index is 4.83. The van der Waals surface area contributed by atoms with Crippen molar-refractivity contribution in [2.45, 2.75) is 58.4 Å². The molecule has 1 aliphatic rings. The molecule has 3 heteroatoms. The summed E-state index contributed by atoms with van der Waals surface area (Å²) in [5.41, 5.74) is 1.40. The van der Waals surface area contributed by atoms with E-state index in [9.17, 15) is 0 Å². The average molecular weight is 238 g/mol. The third kappa shape index (κ3) is 2.83. The van der Waals surface area contributed by atoms with Gasteiger partial charge in [0.2, 0.25) is 0 Å². The van der Waals surface area contributed by atoms with Gasteiger partial charge < -0.3 is 5.32 Å². The number of aromatic nitrogens is 1. The van der Waals surface area contributed by atoms with Crippen molar-refractivity contribution in [3.63, 3.8) is 0 Å². The minimum absolute atomic E-state index is 0.572. The second-order valence-electron chi connectivity index (χ2n) is 4.97. The fraction of sp³-hybridized carbons (Fsp3) is 0.769. The Balaban J connectivity index is 2.07. The van der Waals surface area contributed by atoms with Crippen molar-refractivity contribution in [2.24, 2.45) is 0 Å². The van der Waals surface area contributed by atoms with Gasteiger partial charge in [-0.1, -0.05) is 20.8 Å². The molecule has 1 heterocycles. The molecule has 0 radical (unpaired) electrons. The lowest BCUT2D eigenvalue weighted by Crippen LogP contribution is -2.13. The molecule has 90 valence electrons. The summed E-state index contributed by atoms with van der Waals surface area (Å²) >= 11 is 1.91. The van der Waals surface area contributed by atoms with Gasteiger partial charge in [0, 0.05) is 23.3 Å². The summed E-state index contributed by atoms with van der Waals surface area (Å²) in [5, 5.41) is 4.81. The van der Waals surface area contributed by atoms with Crippen molar-refractivity contribution >= 4 is 11.3 Å². The predicted octanol–water partition coefficient (Wildman–Crippen LogP) is 3.64. The summed E-state index contributed by atoms with van der Waals surface area (Å²) in [6, 6.07) is 0. The highest BCUT2D eigenvalue weighted by Gasteiger charge is 2.29. The lowest BCUT2D eigenvalue weighted by Gasteiger charge is -2.01. The maximum Gasteiger partial charge on any atom is 0.0957 e. The van der Waals surface area contributed by atoms with Crippen molar-refractivity contribution < 1.29 is 0 Å². The topological polar surface area (TPSA) is 24.9 Å². The van der Waals surface area contributed by atoms with Gasteiger partial charge in [0.05, 0.1) is 10.7 Å². The highest BCUT2D eigenvalue weighted by molar-refractivity contribution is 7.11. The molecular formula is C13H22N2S. The van der Waals surface area contributed by atoms with Crippen LogP contribution in [-0.2, 0) is 6.54 Å². The zero-order valence-corrected chi connectivity index (χ0v) is 11.4. The molecule has 16 heavy (non-hydrogen) atoms. The summed E-state index contributed by atoms with van der Waals surface area (Å²) < 4.78 is 0. The molecule has 1 fully saturated rings. The smallest absolute Gasteiger partial charge is 0.0957 e. The summed E-state index contributed by atoms with van der Waals surface area (Å²) in [6.45, 7) is 8.81. The Kier molecular flexibility index (Phi) is 3.98. The van der Waals surface area contributed by atoms with Crippen LogP contribution in [0.5, 0.6) is 0 Å². The Bertz CT molecular complexity index is 340. The van der Waals surface area contributed by atoms with Gasteiger partial charge in [0.25, 0.3) is 0 Å². The molecule has 2 nitrogen and oxygen atoms in total. The number of nitrogens with one attached hydrogen (secondary N) is 1. The first-order chi connectivity index (χ1) is 7.72. The zero-order valence-electron chi connectivity index (χ0n) is 10.5. The van der Waals surface area contributed by atoms with Gasteiger partial charge in [-0.3, -0.25) is 0 Å². The van der Waals surface area contributed by atoms with Crippen molar-refractivity contribution in [2.75, 3.05) is 6.54 Å². The highest BCUT2D eigenvalue weighted by Crippen LogP contribution is 2.43. The summed E-state index contributed by atoms with van der Waals surface area (Å²) in [6.07, 6.45) is 3.90. The van der Waals surface area contributed by atoms with Gasteiger partial charge >= 0.3 is 0 Å². The normalized spacial score (nSPS) is 16.0. The molecule has 2 rings (SSSR count). The van der Waals surface area contributed by atoms with Crippen LogP contribution in [0.25, 0.3) is 0 Å². The van der Waals surface area contributed by atoms with Crippen molar-refractivity contribution in [3.8, 4) is 0 Å². The SMILES string of the molecule is CCCNCc1sc(C(C)C)nc1C1CC1. The number of nitrogens with zero attached hydrogens (tertiary/aromatic N) is 1. The van der Waals surface area contributed by atoms with E-state index in [1.165, 1.54) is 34.8 Å². The molecule has 0 unspecified atom stereocenters. The van der Waals surface area contributed by atoms with Gasteiger partial charge in [-0.25, -0.2) is 4.98 Å². The molecule has 0 amide bonds. The van der Waals surface area contributed by atoms with E-state index < -0.39 is 0 Å². The van der Waals surface area contributed by atoms with Gasteiger partial charge in [0.15, 0.2) is 0 Å². The van der Waals surface area contributed by atoms with Crippen LogP contribution in [0.15, 0.2) is 0 Å². The van der Waals surface area contributed by atoms with Gasteiger partial charge in [-0.2, -0.15) is 0 Å². The van der Waals surface area contributed by atoms with Gasteiger partial charge in [0.1, 0.15) is 0 Å². The Hall–Kier alpha value is -0.410. The monoisotopic (exact) mass is 238 g/mol. The molecule has 1 aromatic heterocycles. The van der Waals surface area contributed by atoms with Crippen LogP contribution in [-0.4, -0.2) is 11.5 Å². The summed E-state index contributed by atoms with van der Waals surface area (Å²) in [7, 11) is 0. The van der Waals surface area contributed by atoms with Crippen LogP contribution in [0.1, 0.15) is 67.4 Å². The van der Waals surface area contributed by atoms with Gasteiger partial charge in [-0.15, -0.1) is 11.3 Å². The quantitative estimate of drug-likeness (QED) is 0.765. The first-order valence-electron chi connectivity index (χ1n) is 6.42. The molecular weight excluding hydrogens is 216 g/mol. The maximum absolute atomic E-state index is 4.83. The van der Waals surface area contributed by atoms with Crippen LogP contribution in [0, 0.1) is 0 Å². The molecule has 0 bridgehead atoms. The predicted molar refractivity (Wildman–Crippen MR) is 70.2 cm³/mol. The fourth-order valence-electron chi connectivity index (χ4n) is 1.81. The number of hydrogen-bond donors (Lipinski definition) is 1. The van der Waals surface area contributed by atoms with Crippen LogP contribution >= 0.6 is 11.3 Å². The van der Waals surface area contributed by atoms with Crippen molar-refractivity contribution in [3.05, 3.63) is 15.6 Å². The first-order valence-corrected chi connectivity index (χ1v) is 7.24. The summed E-state index contributed by atoms with van der Waals surface area (Å²) in [4.78, 5) is 6.31. The molecule has 0 aromatic carbocycles. The van der Waals surface area contributed by atoms with Crippen LogP contribution in [0.4, 0.5) is 0 Å². The van der Waals surface area contributed by atoms with E-state index in [0.29, 0.717) is 5.92 Å². The number of rotatable bonds is 6. The Morgan fingerprint density at radius 3 is 2.75 bits per heavy atom. The van der Waals surface area contributed by atoms with E-state index >= 15 is 0 Å². The Morgan fingerprint density at radius 1 is 1.44 bits per heavy atom. The Morgan fingerprint density at radius 2 is 2.19 bits per heavy atom. The van der Waals surface area contributed by atoms with Crippen molar-refractivity contribution in [1.82, 2.24) is 10.3 Å². The molecule has 1 N–H and O–H groups in total. The number of thiazole rings is 1. The molecule has 1 aliphatic carbocycles. The average Bonchev–Trinajstić information content (AvgIpc) is 3.00. The van der Waals surface area contributed by atoms with E-state index in [2.05, 4.69) is 26.1 Å². The van der Waals surface area contributed by atoms with Crippen LogP contribution in [0.2, 0.25) is 0 Å². The van der Waals surface area contributed by atoms with Crippen LogP contribution < -0.4 is 5.32 Å². The van der Waals surface area contributed by atoms with E-state index in [1.54, 1.807) is 0 Å². The lowest BCUT2D eigenvalue weighted by atomic mass is 10.2. The summed E-state index contributed by atoms with van der Waals surface area (Å²) in [5.74, 6) is 1.35. The van der Waals surface area contributed by atoms with Crippen molar-refractivity contribution in [1.29, 1.82) is 0 Å². The Labute approximate surface area is 102 Å². The highest BCUT2D eigenvalue weighted by atomic mass is 32.1. The standard InChI is InChI=1S/C13H22N2S/c1-4-7-14-8-11-12(10-5-6-10)15-13(16-11)9(2)3/h9-10,14H,4-8H2,1-3H3. The van der Waals surface area contributed by atoms with Crippen LogP contribution in [0.3, 0.4) is 0 Å². The van der Waals surface area contributed by atoms with Gasteiger partial charge in [-0.05, 0) is 25.8 Å². The lowest BCUT2D eigenvalue weighted by molar-refractivity contribution is 0.676. The molecule has 0 aliphatic heterocycles. The minimum Gasteiger partial charge on any atom is -0.312 e. The van der Waals surface area contributed by atoms with E-state index in [-0.39, 0.29) is 0 Å². The van der Waals surface area contributed by atoms with E-state index in [1.807, 2.05) is 11.3 Å². The number of hydrogen-bond acceptors (Lipinski definition) is 3. The first kappa shape index (κ1) is 12.1. The zero-order chi connectivity index (χ0) is 11.5. The molecule has 0 atom stereocenters. The third-order valence-electron chi connectivity index (χ3n) is 2.91. The minimum atomic E-state index is 0.572. The molecule has 1 saturated carbocycles. The molecule has 0 saturated heterocycles. The second-order valence-corrected chi connectivity index (χ2v) is 6.08. The molecule has 1 aromatic rings. The second kappa shape index (κ2) is 5.28. The molecule has 0 spiro atoms. The fourth-order valence-corrected chi connectivity index (χ4v) is 2.93. The third-order valence-corrected chi connectivity index (χ3v) is 4.29. The van der Waals surface area contributed by atoms with E-state index in [4.69, 9.17) is 4.98 Å². The van der Waals surface area contributed by atoms with E-state index in [0.717, 1.165) is 19.0 Å².